The first kappa shape index (κ1) is 25.4. The van der Waals surface area contributed by atoms with Crippen molar-refractivity contribution >= 4 is 5.91 Å². The van der Waals surface area contributed by atoms with Crippen LogP contribution in [0.2, 0.25) is 0 Å². The third-order valence-corrected chi connectivity index (χ3v) is 6.32. The van der Waals surface area contributed by atoms with E-state index in [1.165, 1.54) is 5.56 Å². The molecule has 0 saturated carbocycles. The monoisotopic (exact) mass is 484 g/mol. The minimum Gasteiger partial charge on any atom is -0.472 e. The Hall–Kier alpha value is -3.73. The molecule has 0 spiro atoms. The van der Waals surface area contributed by atoms with Crippen LogP contribution in [0.4, 0.5) is 0 Å². The van der Waals surface area contributed by atoms with Crippen LogP contribution in [0.25, 0.3) is 0 Å². The molecule has 7 heteroatoms. The Kier molecular flexibility index (Phi) is 8.32. The number of aliphatic hydroxyl groups is 1. The van der Waals surface area contributed by atoms with Crippen LogP contribution >= 0.6 is 0 Å². The van der Waals surface area contributed by atoms with Crippen molar-refractivity contribution < 1.29 is 14.6 Å². The molecular weight excluding hydrogens is 452 g/mol. The van der Waals surface area contributed by atoms with Gasteiger partial charge in [-0.15, -0.1) is 0 Å². The van der Waals surface area contributed by atoms with Gasteiger partial charge in [0.15, 0.2) is 0 Å². The summed E-state index contributed by atoms with van der Waals surface area (Å²) in [6.45, 7) is 5.71. The van der Waals surface area contributed by atoms with Gasteiger partial charge in [-0.2, -0.15) is 0 Å². The molecule has 0 bridgehead atoms. The smallest absolute Gasteiger partial charge is 0.259 e. The summed E-state index contributed by atoms with van der Waals surface area (Å²) >= 11 is 0. The Bertz CT molecular complexity index is 1220. The van der Waals surface area contributed by atoms with E-state index in [2.05, 4.69) is 52.8 Å². The van der Waals surface area contributed by atoms with Gasteiger partial charge >= 0.3 is 0 Å². The standard InChI is InChI=1S/C29H32N4O3/c1-21-17-33(22(2)20-34)29(35)26-14-25(12-11-23-10-7-13-30-15-23)16-31-28(26)36-27(21)19-32(3)18-24-8-5-4-6-9-24/h4-10,13-16,21-22,27,34H,17-20H2,1-3H3/t21-,22-,27-/m0/s1. The minimum absolute atomic E-state index is 0.0289. The van der Waals surface area contributed by atoms with Crippen molar-refractivity contribution in [1.29, 1.82) is 0 Å². The lowest BCUT2D eigenvalue weighted by Gasteiger charge is -2.37. The molecule has 1 aliphatic heterocycles. The van der Waals surface area contributed by atoms with E-state index in [0.717, 1.165) is 12.1 Å². The average molecular weight is 485 g/mol. The van der Waals surface area contributed by atoms with Crippen molar-refractivity contribution in [3.63, 3.8) is 0 Å². The number of hydrogen-bond donors (Lipinski definition) is 1. The molecule has 1 aliphatic rings. The number of fused-ring (bicyclic) bond motifs is 1. The fourth-order valence-corrected chi connectivity index (χ4v) is 4.24. The van der Waals surface area contributed by atoms with Gasteiger partial charge in [0.05, 0.1) is 12.6 Å². The number of benzene rings is 1. The summed E-state index contributed by atoms with van der Waals surface area (Å²) in [4.78, 5) is 26.1. The number of ether oxygens (including phenoxy) is 1. The summed E-state index contributed by atoms with van der Waals surface area (Å²) < 4.78 is 6.39. The second-order valence-electron chi connectivity index (χ2n) is 9.37. The molecule has 0 fully saturated rings. The zero-order chi connectivity index (χ0) is 25.5. The van der Waals surface area contributed by atoms with E-state index >= 15 is 0 Å². The number of aliphatic hydroxyl groups excluding tert-OH is 1. The van der Waals surface area contributed by atoms with Gasteiger partial charge < -0.3 is 14.7 Å². The fraction of sp³-hybridized carbons (Fsp3) is 0.345. The maximum absolute atomic E-state index is 13.6. The molecule has 36 heavy (non-hydrogen) atoms. The van der Waals surface area contributed by atoms with Crippen molar-refractivity contribution in [2.24, 2.45) is 5.92 Å². The Labute approximate surface area is 212 Å². The summed E-state index contributed by atoms with van der Waals surface area (Å²) in [6, 6.07) is 15.4. The van der Waals surface area contributed by atoms with E-state index in [1.54, 1.807) is 29.6 Å². The van der Waals surface area contributed by atoms with Crippen LogP contribution in [-0.2, 0) is 6.54 Å². The van der Waals surface area contributed by atoms with Crippen LogP contribution in [0.15, 0.2) is 67.1 Å². The maximum atomic E-state index is 13.6. The number of carbonyl (C=O) groups is 1. The van der Waals surface area contributed by atoms with Gasteiger partial charge in [0.2, 0.25) is 5.88 Å². The first-order valence-electron chi connectivity index (χ1n) is 12.2. The molecule has 0 aliphatic carbocycles. The highest BCUT2D eigenvalue weighted by Gasteiger charge is 2.34. The summed E-state index contributed by atoms with van der Waals surface area (Å²) in [5, 5.41) is 9.86. The van der Waals surface area contributed by atoms with E-state index in [1.807, 2.05) is 37.3 Å². The lowest BCUT2D eigenvalue weighted by Crippen LogP contribution is -2.49. The Morgan fingerprint density at radius 3 is 2.67 bits per heavy atom. The predicted molar refractivity (Wildman–Crippen MR) is 138 cm³/mol. The average Bonchev–Trinajstić information content (AvgIpc) is 2.90. The lowest BCUT2D eigenvalue weighted by atomic mass is 9.99. The molecule has 2 aromatic heterocycles. The Morgan fingerprint density at radius 2 is 1.94 bits per heavy atom. The van der Waals surface area contributed by atoms with Crippen molar-refractivity contribution in [3.05, 3.63) is 89.4 Å². The van der Waals surface area contributed by atoms with Crippen LogP contribution in [0.1, 0.15) is 40.9 Å². The molecular formula is C29H32N4O3. The zero-order valence-electron chi connectivity index (χ0n) is 21.0. The lowest BCUT2D eigenvalue weighted by molar-refractivity contribution is 0.0325. The van der Waals surface area contributed by atoms with Crippen molar-refractivity contribution in [2.45, 2.75) is 32.5 Å². The highest BCUT2D eigenvalue weighted by Crippen LogP contribution is 2.27. The Balaban J connectivity index is 1.63. The first-order valence-corrected chi connectivity index (χ1v) is 12.2. The maximum Gasteiger partial charge on any atom is 0.259 e. The summed E-state index contributed by atoms with van der Waals surface area (Å²) in [5.41, 5.74) is 2.96. The van der Waals surface area contributed by atoms with Gasteiger partial charge in [-0.1, -0.05) is 49.1 Å². The van der Waals surface area contributed by atoms with E-state index in [4.69, 9.17) is 4.74 Å². The molecule has 3 atom stereocenters. The number of nitrogens with zero attached hydrogens (tertiary/aromatic N) is 4. The van der Waals surface area contributed by atoms with Crippen LogP contribution in [-0.4, -0.2) is 69.7 Å². The number of pyridine rings is 2. The predicted octanol–water partition coefficient (Wildman–Crippen LogP) is 3.23. The highest BCUT2D eigenvalue weighted by molar-refractivity contribution is 5.97. The molecule has 1 N–H and O–H groups in total. The molecule has 0 saturated heterocycles. The Morgan fingerprint density at radius 1 is 1.17 bits per heavy atom. The molecule has 0 radical (unpaired) electrons. The number of likely N-dealkylation sites (N-methyl/N-ethyl adjacent to an activating group) is 1. The third-order valence-electron chi connectivity index (χ3n) is 6.32. The van der Waals surface area contributed by atoms with Crippen LogP contribution in [0, 0.1) is 17.8 Å². The van der Waals surface area contributed by atoms with Crippen molar-refractivity contribution in [1.82, 2.24) is 19.8 Å². The second-order valence-corrected chi connectivity index (χ2v) is 9.37. The largest absolute Gasteiger partial charge is 0.472 e. The zero-order valence-corrected chi connectivity index (χ0v) is 21.0. The number of aromatic nitrogens is 2. The van der Waals surface area contributed by atoms with Crippen molar-refractivity contribution in [2.75, 3.05) is 26.7 Å². The van der Waals surface area contributed by atoms with Gasteiger partial charge in [-0.25, -0.2) is 4.98 Å². The SMILES string of the molecule is C[C@H]1CN([C@@H](C)CO)C(=O)c2cc(C#Cc3cccnc3)cnc2O[C@H]1CN(C)Cc1ccccc1. The number of carbonyl (C=O) groups excluding carboxylic acids is 1. The van der Waals surface area contributed by atoms with E-state index in [-0.39, 0.29) is 30.6 Å². The first-order chi connectivity index (χ1) is 17.4. The van der Waals surface area contributed by atoms with Gasteiger partial charge in [-0.3, -0.25) is 14.7 Å². The minimum atomic E-state index is -0.335. The normalized spacial score (nSPS) is 18.4. The van der Waals surface area contributed by atoms with Crippen LogP contribution < -0.4 is 4.74 Å². The fourth-order valence-electron chi connectivity index (χ4n) is 4.24. The van der Waals surface area contributed by atoms with E-state index in [0.29, 0.717) is 30.1 Å². The second kappa shape index (κ2) is 11.8. The molecule has 7 nitrogen and oxygen atoms in total. The van der Waals surface area contributed by atoms with E-state index in [9.17, 15) is 9.90 Å². The van der Waals surface area contributed by atoms with Gasteiger partial charge in [0, 0.05) is 55.3 Å². The van der Waals surface area contributed by atoms with Crippen LogP contribution in [0.3, 0.4) is 0 Å². The van der Waals surface area contributed by atoms with Crippen molar-refractivity contribution in [3.8, 4) is 17.7 Å². The number of rotatable bonds is 6. The number of amides is 1. The molecule has 1 amide bonds. The summed E-state index contributed by atoms with van der Waals surface area (Å²) in [5.74, 6) is 6.24. The number of hydrogen-bond acceptors (Lipinski definition) is 6. The molecule has 0 unspecified atom stereocenters. The molecule has 4 rings (SSSR count). The van der Waals surface area contributed by atoms with Crippen LogP contribution in [0.5, 0.6) is 5.88 Å². The summed E-state index contributed by atoms with van der Waals surface area (Å²) in [7, 11) is 2.06. The van der Waals surface area contributed by atoms with E-state index < -0.39 is 0 Å². The third kappa shape index (κ3) is 6.28. The molecule has 186 valence electrons. The molecule has 3 aromatic rings. The topological polar surface area (TPSA) is 78.8 Å². The molecule has 1 aromatic carbocycles. The quantitative estimate of drug-likeness (QED) is 0.542. The van der Waals surface area contributed by atoms with Gasteiger partial charge in [0.25, 0.3) is 5.91 Å². The summed E-state index contributed by atoms with van der Waals surface area (Å²) in [6.07, 6.45) is 4.82. The van der Waals surface area contributed by atoms with Gasteiger partial charge in [-0.05, 0) is 37.7 Å². The van der Waals surface area contributed by atoms with Gasteiger partial charge in [0.1, 0.15) is 11.7 Å². The molecule has 3 heterocycles. The highest BCUT2D eigenvalue weighted by atomic mass is 16.5.